The highest BCUT2D eigenvalue weighted by atomic mass is 16.5. The van der Waals surface area contributed by atoms with Crippen molar-refractivity contribution in [1.29, 1.82) is 0 Å². The molecule has 0 aliphatic rings. The van der Waals surface area contributed by atoms with Crippen LogP contribution in [-0.4, -0.2) is 30.6 Å². The van der Waals surface area contributed by atoms with Crippen LogP contribution in [0.15, 0.2) is 18.2 Å². The third-order valence-corrected chi connectivity index (χ3v) is 3.11. The van der Waals surface area contributed by atoms with Crippen molar-refractivity contribution in [2.24, 2.45) is 0 Å². The summed E-state index contributed by atoms with van der Waals surface area (Å²) in [6.07, 6.45) is 3.61. The number of benzene rings is 1. The number of aliphatic carboxylic acids is 1. The Hall–Kier alpha value is -2.04. The summed E-state index contributed by atoms with van der Waals surface area (Å²) in [5, 5.41) is 8.55. The predicted octanol–water partition coefficient (Wildman–Crippen LogP) is 2.85. The summed E-state index contributed by atoms with van der Waals surface area (Å²) < 4.78 is 10.9. The van der Waals surface area contributed by atoms with E-state index in [0.717, 1.165) is 24.8 Å². The number of methoxy groups -OCH3 is 1. The molecular weight excluding hydrogens is 272 g/mol. The topological polar surface area (TPSA) is 72.8 Å². The van der Waals surface area contributed by atoms with Crippen molar-refractivity contribution >= 4 is 11.8 Å². The second-order valence-electron chi connectivity index (χ2n) is 4.77. The number of carbonyl (C=O) groups excluding carboxylic acids is 1. The molecule has 1 aromatic rings. The molecule has 21 heavy (non-hydrogen) atoms. The first-order chi connectivity index (χ1) is 10.1. The summed E-state index contributed by atoms with van der Waals surface area (Å²) in [5.74, 6) is -0.902. The zero-order chi connectivity index (χ0) is 15.7. The summed E-state index contributed by atoms with van der Waals surface area (Å²) >= 11 is 0. The lowest BCUT2D eigenvalue weighted by Gasteiger charge is -2.12. The first kappa shape index (κ1) is 17.0. The molecule has 0 atom stereocenters. The SMILES string of the molecule is CCCCCOc1ccc(CCC(=O)C(=O)O)cc1OC. The minimum absolute atomic E-state index is 0.0187. The van der Waals surface area contributed by atoms with Gasteiger partial charge in [0.2, 0.25) is 5.78 Å². The number of carboxylic acids is 1. The first-order valence-electron chi connectivity index (χ1n) is 7.14. The Kier molecular flexibility index (Phi) is 7.29. The third-order valence-electron chi connectivity index (χ3n) is 3.11. The van der Waals surface area contributed by atoms with Crippen LogP contribution in [0, 0.1) is 0 Å². The summed E-state index contributed by atoms with van der Waals surface area (Å²) in [6, 6.07) is 5.41. The molecule has 0 unspecified atom stereocenters. The fourth-order valence-corrected chi connectivity index (χ4v) is 1.89. The van der Waals surface area contributed by atoms with Crippen LogP contribution in [0.5, 0.6) is 11.5 Å². The van der Waals surface area contributed by atoms with Crippen LogP contribution in [-0.2, 0) is 16.0 Å². The monoisotopic (exact) mass is 294 g/mol. The van der Waals surface area contributed by atoms with Crippen molar-refractivity contribution in [3.63, 3.8) is 0 Å². The Balaban J connectivity index is 2.61. The van der Waals surface area contributed by atoms with E-state index in [1.807, 2.05) is 6.07 Å². The van der Waals surface area contributed by atoms with Gasteiger partial charge in [-0.15, -0.1) is 0 Å². The molecule has 1 aromatic carbocycles. The molecule has 0 radical (unpaired) electrons. The van der Waals surface area contributed by atoms with Gasteiger partial charge in [0.25, 0.3) is 0 Å². The minimum Gasteiger partial charge on any atom is -0.493 e. The Labute approximate surface area is 124 Å². The number of ether oxygens (including phenoxy) is 2. The third kappa shape index (κ3) is 5.85. The van der Waals surface area contributed by atoms with Crippen LogP contribution in [0.2, 0.25) is 0 Å². The van der Waals surface area contributed by atoms with Crippen molar-refractivity contribution in [2.45, 2.75) is 39.0 Å². The summed E-state index contributed by atoms with van der Waals surface area (Å²) in [5.41, 5.74) is 0.849. The number of carboxylic acid groups (broad SMARTS) is 1. The average molecular weight is 294 g/mol. The molecule has 5 heteroatoms. The van der Waals surface area contributed by atoms with Crippen LogP contribution in [0.1, 0.15) is 38.2 Å². The lowest BCUT2D eigenvalue weighted by atomic mass is 10.1. The van der Waals surface area contributed by atoms with Crippen LogP contribution in [0.3, 0.4) is 0 Å². The van der Waals surface area contributed by atoms with Gasteiger partial charge in [0, 0.05) is 6.42 Å². The van der Waals surface area contributed by atoms with Gasteiger partial charge in [0.1, 0.15) is 0 Å². The van der Waals surface area contributed by atoms with E-state index in [2.05, 4.69) is 6.92 Å². The average Bonchev–Trinajstić information content (AvgIpc) is 2.49. The molecule has 0 bridgehead atoms. The Morgan fingerprint density at radius 2 is 1.95 bits per heavy atom. The highest BCUT2D eigenvalue weighted by Gasteiger charge is 2.12. The van der Waals surface area contributed by atoms with Crippen LogP contribution in [0.25, 0.3) is 0 Å². The van der Waals surface area contributed by atoms with Crippen molar-refractivity contribution < 1.29 is 24.2 Å². The van der Waals surface area contributed by atoms with Crippen molar-refractivity contribution in [1.82, 2.24) is 0 Å². The van der Waals surface area contributed by atoms with E-state index in [-0.39, 0.29) is 6.42 Å². The van der Waals surface area contributed by atoms with Crippen LogP contribution >= 0.6 is 0 Å². The van der Waals surface area contributed by atoms with Crippen LogP contribution < -0.4 is 9.47 Å². The molecule has 0 spiro atoms. The maximum Gasteiger partial charge on any atom is 0.372 e. The van der Waals surface area contributed by atoms with Gasteiger partial charge in [-0.3, -0.25) is 4.79 Å². The van der Waals surface area contributed by atoms with E-state index < -0.39 is 11.8 Å². The Morgan fingerprint density at radius 3 is 2.57 bits per heavy atom. The Morgan fingerprint density at radius 1 is 1.19 bits per heavy atom. The van der Waals surface area contributed by atoms with Gasteiger partial charge in [-0.05, 0) is 30.5 Å². The lowest BCUT2D eigenvalue weighted by Crippen LogP contribution is -2.12. The van der Waals surface area contributed by atoms with Crippen molar-refractivity contribution in [3.8, 4) is 11.5 Å². The van der Waals surface area contributed by atoms with Gasteiger partial charge in [0.15, 0.2) is 11.5 Å². The smallest absolute Gasteiger partial charge is 0.372 e. The standard InChI is InChI=1S/C16H22O5/c1-3-4-5-10-21-14-9-7-12(11-15(14)20-2)6-8-13(17)16(18)19/h7,9,11H,3-6,8,10H2,1-2H3,(H,18,19). The first-order valence-corrected chi connectivity index (χ1v) is 7.14. The molecule has 0 heterocycles. The molecule has 0 aromatic heterocycles. The molecule has 0 fully saturated rings. The predicted molar refractivity (Wildman–Crippen MR) is 79.0 cm³/mol. The fraction of sp³-hybridized carbons (Fsp3) is 0.500. The molecule has 0 aliphatic heterocycles. The van der Waals surface area contributed by atoms with Gasteiger partial charge in [0.05, 0.1) is 13.7 Å². The zero-order valence-electron chi connectivity index (χ0n) is 12.6. The zero-order valence-corrected chi connectivity index (χ0v) is 12.6. The highest BCUT2D eigenvalue weighted by Crippen LogP contribution is 2.28. The molecule has 1 rings (SSSR count). The quantitative estimate of drug-likeness (QED) is 0.530. The molecule has 0 saturated heterocycles. The molecular formula is C16H22O5. The molecule has 5 nitrogen and oxygen atoms in total. The van der Waals surface area contributed by atoms with Crippen LogP contribution in [0.4, 0.5) is 0 Å². The van der Waals surface area contributed by atoms with Gasteiger partial charge in [-0.1, -0.05) is 25.8 Å². The number of hydrogen-bond acceptors (Lipinski definition) is 4. The van der Waals surface area contributed by atoms with Crippen molar-refractivity contribution in [3.05, 3.63) is 23.8 Å². The normalized spacial score (nSPS) is 10.2. The molecule has 0 amide bonds. The number of rotatable bonds is 10. The van der Waals surface area contributed by atoms with Gasteiger partial charge >= 0.3 is 5.97 Å². The number of carbonyl (C=O) groups is 2. The Bertz CT molecular complexity index is 482. The maximum atomic E-state index is 11.1. The van der Waals surface area contributed by atoms with Crippen molar-refractivity contribution in [2.75, 3.05) is 13.7 Å². The molecule has 1 N–H and O–H groups in total. The number of ketones is 1. The van der Waals surface area contributed by atoms with Gasteiger partial charge < -0.3 is 14.6 Å². The van der Waals surface area contributed by atoms with E-state index in [0.29, 0.717) is 24.5 Å². The summed E-state index contributed by atoms with van der Waals surface area (Å²) in [4.78, 5) is 21.6. The van der Waals surface area contributed by atoms with E-state index in [1.54, 1.807) is 19.2 Å². The largest absolute Gasteiger partial charge is 0.493 e. The summed E-state index contributed by atoms with van der Waals surface area (Å²) in [7, 11) is 1.56. The van der Waals surface area contributed by atoms with E-state index in [4.69, 9.17) is 14.6 Å². The molecule has 0 saturated carbocycles. The minimum atomic E-state index is -1.39. The maximum absolute atomic E-state index is 11.1. The number of hydrogen-bond donors (Lipinski definition) is 1. The van der Waals surface area contributed by atoms with Gasteiger partial charge in [-0.2, -0.15) is 0 Å². The number of aryl methyl sites for hydroxylation is 1. The lowest BCUT2D eigenvalue weighted by molar-refractivity contribution is -0.149. The van der Waals surface area contributed by atoms with E-state index in [1.165, 1.54) is 0 Å². The van der Waals surface area contributed by atoms with E-state index in [9.17, 15) is 9.59 Å². The van der Waals surface area contributed by atoms with Gasteiger partial charge in [-0.25, -0.2) is 4.79 Å². The highest BCUT2D eigenvalue weighted by molar-refractivity contribution is 6.32. The second kappa shape index (κ2) is 9.00. The van der Waals surface area contributed by atoms with E-state index >= 15 is 0 Å². The summed E-state index contributed by atoms with van der Waals surface area (Å²) in [6.45, 7) is 2.77. The fourth-order valence-electron chi connectivity index (χ4n) is 1.89. The number of unbranched alkanes of at least 4 members (excludes halogenated alkanes) is 2. The molecule has 116 valence electrons. The second-order valence-corrected chi connectivity index (χ2v) is 4.77. The number of Topliss-reactive ketones (excluding diaryl/α,β-unsaturated/α-hetero) is 1. The molecule has 0 aliphatic carbocycles.